The van der Waals surface area contributed by atoms with Crippen molar-refractivity contribution in [1.82, 2.24) is 0 Å². The van der Waals surface area contributed by atoms with Crippen LogP contribution in [-0.2, 0) is 9.53 Å². The molecular weight excluding hydrogens is 306 g/mol. The molecule has 0 bridgehead atoms. The van der Waals surface area contributed by atoms with E-state index in [-0.39, 0.29) is 17.4 Å². The van der Waals surface area contributed by atoms with Gasteiger partial charge in [-0.15, -0.1) is 0 Å². The van der Waals surface area contributed by atoms with E-state index in [2.05, 4.69) is 0 Å². The van der Waals surface area contributed by atoms with Crippen molar-refractivity contribution >= 4 is 5.97 Å². The van der Waals surface area contributed by atoms with E-state index in [4.69, 9.17) is 14.6 Å². The minimum atomic E-state index is -0.685. The molecule has 0 spiro atoms. The van der Waals surface area contributed by atoms with Crippen LogP contribution in [0.5, 0.6) is 11.5 Å². The Hall–Kier alpha value is -2.63. The van der Waals surface area contributed by atoms with Crippen molar-refractivity contribution in [3.63, 3.8) is 0 Å². The summed E-state index contributed by atoms with van der Waals surface area (Å²) in [5.74, 6) is -0.570. The summed E-state index contributed by atoms with van der Waals surface area (Å²) in [6.07, 6.45) is -0.685. The predicted molar refractivity (Wildman–Crippen MR) is 81.2 cm³/mol. The number of rotatable bonds is 4. The van der Waals surface area contributed by atoms with Crippen LogP contribution in [0.3, 0.4) is 0 Å². The van der Waals surface area contributed by atoms with Crippen molar-refractivity contribution in [3.05, 3.63) is 60.2 Å². The molecule has 0 radical (unpaired) electrons. The number of hydrogen-bond donors (Lipinski definition) is 1. The van der Waals surface area contributed by atoms with Gasteiger partial charge in [-0.25, -0.2) is 13.6 Å². The minimum Gasteiger partial charge on any atom is -0.508 e. The molecule has 0 aliphatic rings. The maximum absolute atomic E-state index is 12.6. The van der Waals surface area contributed by atoms with Gasteiger partial charge in [0.25, 0.3) is 0 Å². The van der Waals surface area contributed by atoms with E-state index in [1.54, 1.807) is 13.8 Å². The first kappa shape index (κ1) is 18.4. The molecule has 1 unspecified atom stereocenters. The number of benzene rings is 2. The molecule has 0 aliphatic heterocycles. The van der Waals surface area contributed by atoms with Crippen LogP contribution in [-0.4, -0.2) is 23.8 Å². The molecule has 124 valence electrons. The SMILES string of the molecule is CCOC(=O)C(C)Oc1ccc(F)cc1.Oc1ccc(F)cc1. The zero-order chi connectivity index (χ0) is 17.2. The lowest BCUT2D eigenvalue weighted by Gasteiger charge is -2.12. The Morgan fingerprint density at radius 3 is 1.96 bits per heavy atom. The average molecular weight is 324 g/mol. The maximum atomic E-state index is 12.6. The quantitative estimate of drug-likeness (QED) is 0.872. The molecule has 6 heteroatoms. The summed E-state index contributed by atoms with van der Waals surface area (Å²) in [5.41, 5.74) is 0. The van der Waals surface area contributed by atoms with E-state index in [0.717, 1.165) is 0 Å². The number of phenolic OH excluding ortho intramolecular Hbond substituents is 1. The second-order valence-corrected chi connectivity index (χ2v) is 4.44. The van der Waals surface area contributed by atoms with Crippen LogP contribution in [0.15, 0.2) is 48.5 Å². The monoisotopic (exact) mass is 324 g/mol. The molecule has 4 nitrogen and oxygen atoms in total. The number of esters is 1. The van der Waals surface area contributed by atoms with Crippen LogP contribution in [0.4, 0.5) is 8.78 Å². The fourth-order valence-electron chi connectivity index (χ4n) is 1.47. The fourth-order valence-corrected chi connectivity index (χ4v) is 1.47. The standard InChI is InChI=1S/C11H13FO3.C6H5FO/c1-3-14-11(13)8(2)15-10-6-4-9(12)5-7-10;7-5-1-3-6(8)4-2-5/h4-8H,3H2,1-2H3;1-4,8H. The Morgan fingerprint density at radius 2 is 1.52 bits per heavy atom. The van der Waals surface area contributed by atoms with Crippen molar-refractivity contribution < 1.29 is 28.2 Å². The lowest BCUT2D eigenvalue weighted by atomic mass is 10.3. The Balaban J connectivity index is 0.000000277. The number of carbonyl (C=O) groups excluding carboxylic acids is 1. The van der Waals surface area contributed by atoms with Crippen LogP contribution in [0.25, 0.3) is 0 Å². The molecule has 0 saturated carbocycles. The maximum Gasteiger partial charge on any atom is 0.347 e. The minimum absolute atomic E-state index is 0.0893. The molecule has 0 fully saturated rings. The third-order valence-corrected chi connectivity index (χ3v) is 2.57. The lowest BCUT2D eigenvalue weighted by molar-refractivity contribution is -0.150. The Bertz CT molecular complexity index is 576. The van der Waals surface area contributed by atoms with Gasteiger partial charge in [0.2, 0.25) is 0 Å². The first-order valence-electron chi connectivity index (χ1n) is 6.95. The molecular formula is C17H18F2O4. The highest BCUT2D eigenvalue weighted by atomic mass is 19.1. The summed E-state index contributed by atoms with van der Waals surface area (Å²) in [7, 11) is 0. The molecule has 1 atom stereocenters. The van der Waals surface area contributed by atoms with Gasteiger partial charge in [-0.3, -0.25) is 0 Å². The average Bonchev–Trinajstić information content (AvgIpc) is 2.53. The van der Waals surface area contributed by atoms with Crippen LogP contribution in [0.1, 0.15) is 13.8 Å². The van der Waals surface area contributed by atoms with Gasteiger partial charge in [0.15, 0.2) is 6.10 Å². The fraction of sp³-hybridized carbons (Fsp3) is 0.235. The molecule has 0 aromatic heterocycles. The van der Waals surface area contributed by atoms with E-state index in [1.807, 2.05) is 0 Å². The molecule has 0 aliphatic carbocycles. The number of ether oxygens (including phenoxy) is 2. The molecule has 0 heterocycles. The molecule has 0 amide bonds. The summed E-state index contributed by atoms with van der Waals surface area (Å²) < 4.78 is 34.5. The van der Waals surface area contributed by atoms with Gasteiger partial charge >= 0.3 is 5.97 Å². The smallest absolute Gasteiger partial charge is 0.347 e. The summed E-state index contributed by atoms with van der Waals surface area (Å²) in [5, 5.41) is 8.59. The molecule has 2 aromatic rings. The van der Waals surface area contributed by atoms with E-state index in [0.29, 0.717) is 12.4 Å². The number of phenols is 1. The normalized spacial score (nSPS) is 11.0. The molecule has 2 aromatic carbocycles. The van der Waals surface area contributed by atoms with E-state index < -0.39 is 12.1 Å². The Kier molecular flexibility index (Phi) is 7.53. The molecule has 0 saturated heterocycles. The van der Waals surface area contributed by atoms with Gasteiger partial charge in [0.1, 0.15) is 23.1 Å². The first-order valence-corrected chi connectivity index (χ1v) is 6.95. The second-order valence-electron chi connectivity index (χ2n) is 4.44. The van der Waals surface area contributed by atoms with Crippen molar-refractivity contribution in [2.24, 2.45) is 0 Å². The molecule has 23 heavy (non-hydrogen) atoms. The summed E-state index contributed by atoms with van der Waals surface area (Å²) in [6.45, 7) is 3.62. The molecule has 2 rings (SSSR count). The topological polar surface area (TPSA) is 55.8 Å². The third kappa shape index (κ3) is 7.26. The summed E-state index contributed by atoms with van der Waals surface area (Å²) >= 11 is 0. The lowest BCUT2D eigenvalue weighted by Crippen LogP contribution is -2.26. The number of aromatic hydroxyl groups is 1. The first-order chi connectivity index (χ1) is 10.9. The Labute approximate surface area is 133 Å². The zero-order valence-electron chi connectivity index (χ0n) is 12.8. The van der Waals surface area contributed by atoms with Crippen LogP contribution < -0.4 is 4.74 Å². The Morgan fingerprint density at radius 1 is 1.04 bits per heavy atom. The molecule has 1 N–H and O–H groups in total. The van der Waals surface area contributed by atoms with Gasteiger partial charge < -0.3 is 14.6 Å². The van der Waals surface area contributed by atoms with Gasteiger partial charge in [-0.2, -0.15) is 0 Å². The van der Waals surface area contributed by atoms with Crippen molar-refractivity contribution in [3.8, 4) is 11.5 Å². The van der Waals surface area contributed by atoms with Crippen molar-refractivity contribution in [2.75, 3.05) is 6.61 Å². The predicted octanol–water partition coefficient (Wildman–Crippen LogP) is 3.69. The largest absolute Gasteiger partial charge is 0.508 e. The van der Waals surface area contributed by atoms with Crippen molar-refractivity contribution in [1.29, 1.82) is 0 Å². The summed E-state index contributed by atoms with van der Waals surface area (Å²) in [6, 6.07) is 10.5. The van der Waals surface area contributed by atoms with Gasteiger partial charge in [-0.1, -0.05) is 0 Å². The van der Waals surface area contributed by atoms with Crippen LogP contribution >= 0.6 is 0 Å². The van der Waals surface area contributed by atoms with Gasteiger partial charge in [0, 0.05) is 0 Å². The second kappa shape index (κ2) is 9.40. The highest BCUT2D eigenvalue weighted by molar-refractivity contribution is 5.74. The van der Waals surface area contributed by atoms with E-state index in [9.17, 15) is 13.6 Å². The highest BCUT2D eigenvalue weighted by Gasteiger charge is 2.15. The van der Waals surface area contributed by atoms with Crippen LogP contribution in [0, 0.1) is 11.6 Å². The highest BCUT2D eigenvalue weighted by Crippen LogP contribution is 2.13. The number of carbonyl (C=O) groups is 1. The van der Waals surface area contributed by atoms with Crippen molar-refractivity contribution in [2.45, 2.75) is 20.0 Å². The van der Waals surface area contributed by atoms with Gasteiger partial charge in [-0.05, 0) is 62.4 Å². The van der Waals surface area contributed by atoms with E-state index in [1.165, 1.54) is 48.5 Å². The summed E-state index contributed by atoms with van der Waals surface area (Å²) in [4.78, 5) is 11.2. The van der Waals surface area contributed by atoms with E-state index >= 15 is 0 Å². The zero-order valence-corrected chi connectivity index (χ0v) is 12.8. The van der Waals surface area contributed by atoms with Crippen LogP contribution in [0.2, 0.25) is 0 Å². The number of hydrogen-bond acceptors (Lipinski definition) is 4. The third-order valence-electron chi connectivity index (χ3n) is 2.57. The number of halogens is 2. The van der Waals surface area contributed by atoms with Gasteiger partial charge in [0.05, 0.1) is 6.61 Å².